The SMILES string of the molecule is CC(=O)C(C)(C)c1cnc2c3ccccc3c3ccccc3n12. The van der Waals surface area contributed by atoms with E-state index in [9.17, 15) is 4.79 Å². The van der Waals surface area contributed by atoms with Crippen molar-refractivity contribution in [3.05, 3.63) is 60.4 Å². The third-order valence-electron chi connectivity index (χ3n) is 4.89. The molecule has 0 aliphatic heterocycles. The van der Waals surface area contributed by atoms with Crippen LogP contribution in [0.1, 0.15) is 26.5 Å². The van der Waals surface area contributed by atoms with Crippen LogP contribution in [0.2, 0.25) is 0 Å². The largest absolute Gasteiger partial charge is 0.299 e. The number of carbonyl (C=O) groups excluding carboxylic acids is 1. The minimum absolute atomic E-state index is 0.136. The van der Waals surface area contributed by atoms with E-state index in [-0.39, 0.29) is 5.78 Å². The van der Waals surface area contributed by atoms with Crippen LogP contribution in [0.5, 0.6) is 0 Å². The Bertz CT molecular complexity index is 1070. The van der Waals surface area contributed by atoms with Crippen LogP contribution < -0.4 is 0 Å². The molecule has 0 saturated heterocycles. The zero-order valence-corrected chi connectivity index (χ0v) is 13.5. The van der Waals surface area contributed by atoms with E-state index in [2.05, 4.69) is 39.7 Å². The van der Waals surface area contributed by atoms with Gasteiger partial charge in [-0.05, 0) is 32.2 Å². The number of hydrogen-bond donors (Lipinski definition) is 0. The molecule has 0 bridgehead atoms. The topological polar surface area (TPSA) is 34.4 Å². The molecule has 0 aliphatic carbocycles. The highest BCUT2D eigenvalue weighted by Crippen LogP contribution is 2.33. The second kappa shape index (κ2) is 4.66. The summed E-state index contributed by atoms with van der Waals surface area (Å²) in [6, 6.07) is 16.6. The lowest BCUT2D eigenvalue weighted by molar-refractivity contribution is -0.121. The zero-order chi connectivity index (χ0) is 16.2. The molecule has 0 amide bonds. The molecular weight excluding hydrogens is 284 g/mol. The Kier molecular flexibility index (Phi) is 2.82. The number of rotatable bonds is 2. The number of Topliss-reactive ketones (excluding diaryl/α,β-unsaturated/α-hetero) is 1. The number of carbonyl (C=O) groups is 1. The summed E-state index contributed by atoms with van der Waals surface area (Å²) in [5.41, 5.74) is 2.35. The molecule has 0 N–H and O–H groups in total. The van der Waals surface area contributed by atoms with E-state index in [0.29, 0.717) is 0 Å². The summed E-state index contributed by atoms with van der Waals surface area (Å²) in [7, 11) is 0. The Morgan fingerprint density at radius 3 is 2.26 bits per heavy atom. The highest BCUT2D eigenvalue weighted by atomic mass is 16.1. The Hall–Kier alpha value is -2.68. The minimum Gasteiger partial charge on any atom is -0.299 e. The molecule has 3 heteroatoms. The average Bonchev–Trinajstić information content (AvgIpc) is 3.01. The van der Waals surface area contributed by atoms with Gasteiger partial charge in [0.2, 0.25) is 0 Å². The van der Waals surface area contributed by atoms with Gasteiger partial charge in [0.1, 0.15) is 11.4 Å². The molecule has 2 aromatic heterocycles. The lowest BCUT2D eigenvalue weighted by Crippen LogP contribution is -2.28. The molecule has 3 nitrogen and oxygen atoms in total. The fourth-order valence-electron chi connectivity index (χ4n) is 3.22. The quantitative estimate of drug-likeness (QED) is 0.511. The number of imidazole rings is 1. The van der Waals surface area contributed by atoms with Gasteiger partial charge in [-0.25, -0.2) is 4.98 Å². The Labute approximate surface area is 134 Å². The van der Waals surface area contributed by atoms with Gasteiger partial charge < -0.3 is 0 Å². The normalized spacial score (nSPS) is 12.3. The molecule has 4 rings (SSSR count). The third-order valence-corrected chi connectivity index (χ3v) is 4.89. The lowest BCUT2D eigenvalue weighted by Gasteiger charge is -2.22. The first-order chi connectivity index (χ1) is 11.0. The summed E-state index contributed by atoms with van der Waals surface area (Å²) in [5, 5.41) is 3.47. The molecule has 0 radical (unpaired) electrons. The first-order valence-corrected chi connectivity index (χ1v) is 7.80. The minimum atomic E-state index is -0.579. The molecule has 0 fully saturated rings. The van der Waals surface area contributed by atoms with Crippen LogP contribution in [-0.4, -0.2) is 15.2 Å². The van der Waals surface area contributed by atoms with Gasteiger partial charge in [-0.3, -0.25) is 9.20 Å². The number of ketones is 1. The van der Waals surface area contributed by atoms with Crippen LogP contribution in [0.4, 0.5) is 0 Å². The standard InChI is InChI=1S/C20H18N2O/c1-13(23)20(2,3)18-12-21-19-16-10-5-4-8-14(16)15-9-6-7-11-17(15)22(18)19/h4-12H,1-3H3. The van der Waals surface area contributed by atoms with Gasteiger partial charge in [0.05, 0.1) is 22.8 Å². The average molecular weight is 302 g/mol. The van der Waals surface area contributed by atoms with Crippen molar-refractivity contribution >= 4 is 33.1 Å². The maximum atomic E-state index is 12.2. The van der Waals surface area contributed by atoms with Crippen molar-refractivity contribution in [1.82, 2.24) is 9.38 Å². The second-order valence-electron chi connectivity index (χ2n) is 6.55. The first kappa shape index (κ1) is 13.9. The van der Waals surface area contributed by atoms with Crippen LogP contribution in [0, 0.1) is 0 Å². The molecule has 0 aliphatic rings. The highest BCUT2D eigenvalue weighted by molar-refractivity contribution is 6.11. The van der Waals surface area contributed by atoms with Crippen LogP contribution in [0.25, 0.3) is 27.3 Å². The van der Waals surface area contributed by atoms with Gasteiger partial charge in [-0.2, -0.15) is 0 Å². The van der Waals surface area contributed by atoms with Crippen molar-refractivity contribution in [3.8, 4) is 0 Å². The molecule has 114 valence electrons. The van der Waals surface area contributed by atoms with Crippen molar-refractivity contribution < 1.29 is 4.79 Å². The van der Waals surface area contributed by atoms with Crippen molar-refractivity contribution in [1.29, 1.82) is 0 Å². The molecule has 0 spiro atoms. The van der Waals surface area contributed by atoms with Gasteiger partial charge in [-0.1, -0.05) is 42.5 Å². The van der Waals surface area contributed by atoms with E-state index in [1.54, 1.807) is 6.92 Å². The zero-order valence-electron chi connectivity index (χ0n) is 13.5. The maximum Gasteiger partial charge on any atom is 0.145 e. The van der Waals surface area contributed by atoms with Gasteiger partial charge in [0, 0.05) is 10.8 Å². The molecule has 2 heterocycles. The number of benzene rings is 2. The van der Waals surface area contributed by atoms with E-state index in [1.807, 2.05) is 38.2 Å². The van der Waals surface area contributed by atoms with E-state index in [0.717, 1.165) is 22.2 Å². The van der Waals surface area contributed by atoms with Crippen LogP contribution in [-0.2, 0) is 10.2 Å². The summed E-state index contributed by atoms with van der Waals surface area (Å²) in [5.74, 6) is 0.136. The molecule has 0 atom stereocenters. The smallest absolute Gasteiger partial charge is 0.145 e. The van der Waals surface area contributed by atoms with E-state index >= 15 is 0 Å². The van der Waals surface area contributed by atoms with Crippen molar-refractivity contribution in [3.63, 3.8) is 0 Å². The van der Waals surface area contributed by atoms with Gasteiger partial charge in [0.25, 0.3) is 0 Å². The lowest BCUT2D eigenvalue weighted by atomic mass is 9.85. The molecule has 2 aromatic carbocycles. The fraction of sp³-hybridized carbons (Fsp3) is 0.200. The number of nitrogens with zero attached hydrogens (tertiary/aromatic N) is 2. The summed E-state index contributed by atoms with van der Waals surface area (Å²) in [6.45, 7) is 5.56. The summed E-state index contributed by atoms with van der Waals surface area (Å²) in [4.78, 5) is 16.8. The maximum absolute atomic E-state index is 12.2. The highest BCUT2D eigenvalue weighted by Gasteiger charge is 2.30. The Morgan fingerprint density at radius 2 is 1.57 bits per heavy atom. The Morgan fingerprint density at radius 1 is 0.957 bits per heavy atom. The monoisotopic (exact) mass is 302 g/mol. The van der Waals surface area contributed by atoms with Crippen molar-refractivity contribution in [2.75, 3.05) is 0 Å². The van der Waals surface area contributed by atoms with E-state index in [4.69, 9.17) is 0 Å². The number of para-hydroxylation sites is 1. The number of aromatic nitrogens is 2. The van der Waals surface area contributed by atoms with Gasteiger partial charge in [0.15, 0.2) is 0 Å². The van der Waals surface area contributed by atoms with Crippen molar-refractivity contribution in [2.24, 2.45) is 0 Å². The summed E-state index contributed by atoms with van der Waals surface area (Å²) < 4.78 is 2.14. The summed E-state index contributed by atoms with van der Waals surface area (Å²) in [6.07, 6.45) is 1.84. The van der Waals surface area contributed by atoms with Crippen LogP contribution in [0.3, 0.4) is 0 Å². The fourth-order valence-corrected chi connectivity index (χ4v) is 3.22. The van der Waals surface area contributed by atoms with Crippen LogP contribution in [0.15, 0.2) is 54.7 Å². The van der Waals surface area contributed by atoms with Gasteiger partial charge >= 0.3 is 0 Å². The number of pyridine rings is 1. The van der Waals surface area contributed by atoms with E-state index < -0.39 is 5.41 Å². The molecule has 23 heavy (non-hydrogen) atoms. The number of hydrogen-bond acceptors (Lipinski definition) is 2. The predicted octanol–water partition coefficient (Wildman–Crippen LogP) is 4.51. The van der Waals surface area contributed by atoms with Crippen LogP contribution >= 0.6 is 0 Å². The molecule has 0 unspecified atom stereocenters. The molecule has 4 aromatic rings. The second-order valence-corrected chi connectivity index (χ2v) is 6.55. The molecular formula is C20H18N2O. The van der Waals surface area contributed by atoms with Crippen molar-refractivity contribution in [2.45, 2.75) is 26.2 Å². The number of fused-ring (bicyclic) bond motifs is 6. The van der Waals surface area contributed by atoms with Gasteiger partial charge in [-0.15, -0.1) is 0 Å². The predicted molar refractivity (Wildman–Crippen MR) is 93.9 cm³/mol. The Balaban J connectivity index is 2.29. The summed E-state index contributed by atoms with van der Waals surface area (Å²) >= 11 is 0. The molecule has 0 saturated carbocycles. The first-order valence-electron chi connectivity index (χ1n) is 7.80. The van der Waals surface area contributed by atoms with E-state index in [1.165, 1.54) is 10.8 Å². The third kappa shape index (κ3) is 1.83.